The molecule has 4 heteroatoms. The molecule has 0 atom stereocenters. The highest BCUT2D eigenvalue weighted by molar-refractivity contribution is 6.00. The highest BCUT2D eigenvalue weighted by Gasteiger charge is 2.20. The van der Waals surface area contributed by atoms with Crippen LogP contribution in [0.15, 0.2) is 11.1 Å². The smallest absolute Gasteiger partial charge is 0.334 e. The topological polar surface area (TPSA) is 52.6 Å². The Bertz CT molecular complexity index is 305. The normalized spacial score (nSPS) is 11.8. The lowest BCUT2D eigenvalue weighted by Crippen LogP contribution is -2.14. The van der Waals surface area contributed by atoms with Crippen molar-refractivity contribution in [2.45, 2.75) is 52.4 Å². The number of carbonyl (C=O) groups excluding carboxylic acids is 2. The molecule has 0 N–H and O–H groups in total. The van der Waals surface area contributed by atoms with E-state index in [1.807, 2.05) is 6.92 Å². The maximum Gasteiger partial charge on any atom is 0.334 e. The molecule has 0 aromatic rings. The minimum absolute atomic E-state index is 0.422. The van der Waals surface area contributed by atoms with Gasteiger partial charge in [-0.1, -0.05) is 33.1 Å². The second-order valence-electron chi connectivity index (χ2n) is 4.10. The molecule has 4 nitrogen and oxygen atoms in total. The second kappa shape index (κ2) is 9.68. The molecule has 0 radical (unpaired) electrons. The standard InChI is InChI=1S/C14H24O4/c1-5-7-8-9-10-12(14(16)18-4)11(6-2)13(15)17-3/h5-10H2,1-4H3/b12-11-. The first kappa shape index (κ1) is 16.7. The molecule has 0 unspecified atom stereocenters. The Morgan fingerprint density at radius 1 is 0.833 bits per heavy atom. The van der Waals surface area contributed by atoms with Gasteiger partial charge in [-0.3, -0.25) is 0 Å². The number of methoxy groups -OCH3 is 2. The van der Waals surface area contributed by atoms with Crippen LogP contribution in [0.2, 0.25) is 0 Å². The first-order chi connectivity index (χ1) is 8.62. The molecule has 0 aromatic heterocycles. The van der Waals surface area contributed by atoms with E-state index in [1.54, 1.807) is 0 Å². The van der Waals surface area contributed by atoms with Crippen molar-refractivity contribution in [3.05, 3.63) is 11.1 Å². The fraction of sp³-hybridized carbons (Fsp3) is 0.714. The van der Waals surface area contributed by atoms with E-state index in [-0.39, 0.29) is 0 Å². The fourth-order valence-corrected chi connectivity index (χ4v) is 1.83. The molecule has 0 saturated carbocycles. The lowest BCUT2D eigenvalue weighted by Gasteiger charge is -2.11. The van der Waals surface area contributed by atoms with Crippen molar-refractivity contribution in [1.29, 1.82) is 0 Å². The Kier molecular flexibility index (Phi) is 8.97. The molecule has 0 bridgehead atoms. The predicted octanol–water partition coefficient (Wildman–Crippen LogP) is 3.01. The summed E-state index contributed by atoms with van der Waals surface area (Å²) in [6.07, 6.45) is 5.26. The average Bonchev–Trinajstić information content (AvgIpc) is 2.40. The number of carbonyl (C=O) groups is 2. The minimum Gasteiger partial charge on any atom is -0.466 e. The molecule has 0 fully saturated rings. The van der Waals surface area contributed by atoms with Crippen LogP contribution < -0.4 is 0 Å². The Morgan fingerprint density at radius 2 is 1.39 bits per heavy atom. The van der Waals surface area contributed by atoms with Crippen LogP contribution >= 0.6 is 0 Å². The molecular weight excluding hydrogens is 232 g/mol. The fourth-order valence-electron chi connectivity index (χ4n) is 1.83. The summed E-state index contributed by atoms with van der Waals surface area (Å²) in [5.74, 6) is -0.859. The van der Waals surface area contributed by atoms with Gasteiger partial charge in [-0.25, -0.2) is 9.59 Å². The van der Waals surface area contributed by atoms with Crippen LogP contribution in [0.3, 0.4) is 0 Å². The van der Waals surface area contributed by atoms with Gasteiger partial charge in [-0.2, -0.15) is 0 Å². The molecule has 0 spiro atoms. The van der Waals surface area contributed by atoms with Gasteiger partial charge >= 0.3 is 11.9 Å². The maximum absolute atomic E-state index is 11.7. The van der Waals surface area contributed by atoms with Gasteiger partial charge in [0.05, 0.1) is 14.2 Å². The van der Waals surface area contributed by atoms with Gasteiger partial charge in [-0.05, 0) is 19.3 Å². The molecular formula is C14H24O4. The monoisotopic (exact) mass is 256 g/mol. The third-order valence-corrected chi connectivity index (χ3v) is 2.86. The van der Waals surface area contributed by atoms with Crippen molar-refractivity contribution in [3.63, 3.8) is 0 Å². The molecule has 0 aliphatic rings. The third-order valence-electron chi connectivity index (χ3n) is 2.86. The Balaban J connectivity index is 4.88. The van der Waals surface area contributed by atoms with Gasteiger partial charge < -0.3 is 9.47 Å². The van der Waals surface area contributed by atoms with Crippen LogP contribution in [0.1, 0.15) is 52.4 Å². The zero-order chi connectivity index (χ0) is 14.0. The van der Waals surface area contributed by atoms with Crippen molar-refractivity contribution < 1.29 is 19.1 Å². The lowest BCUT2D eigenvalue weighted by molar-refractivity contribution is -0.139. The summed E-state index contributed by atoms with van der Waals surface area (Å²) >= 11 is 0. The van der Waals surface area contributed by atoms with Gasteiger partial charge in [-0.15, -0.1) is 0 Å². The van der Waals surface area contributed by atoms with E-state index in [4.69, 9.17) is 9.47 Å². The number of hydrogen-bond acceptors (Lipinski definition) is 4. The first-order valence-corrected chi connectivity index (χ1v) is 6.50. The van der Waals surface area contributed by atoms with Crippen LogP contribution in [0.4, 0.5) is 0 Å². The number of unbranched alkanes of at least 4 members (excludes halogenated alkanes) is 3. The van der Waals surface area contributed by atoms with E-state index in [2.05, 4.69) is 6.92 Å². The van der Waals surface area contributed by atoms with Gasteiger partial charge in [0.15, 0.2) is 0 Å². The third kappa shape index (κ3) is 5.34. The zero-order valence-electron chi connectivity index (χ0n) is 11.9. The summed E-state index contributed by atoms with van der Waals surface area (Å²) in [5, 5.41) is 0. The van der Waals surface area contributed by atoms with Crippen molar-refractivity contribution in [2.75, 3.05) is 14.2 Å². The molecule has 0 heterocycles. The quantitative estimate of drug-likeness (QED) is 0.380. The SMILES string of the molecule is CCCCCC/C(C(=O)OC)=C(\CC)C(=O)OC. The number of hydrogen-bond donors (Lipinski definition) is 0. The summed E-state index contributed by atoms with van der Waals surface area (Å²) in [6.45, 7) is 3.96. The summed E-state index contributed by atoms with van der Waals surface area (Å²) in [7, 11) is 2.66. The largest absolute Gasteiger partial charge is 0.466 e. The Hall–Kier alpha value is -1.32. The second-order valence-corrected chi connectivity index (χ2v) is 4.10. The highest BCUT2D eigenvalue weighted by Crippen LogP contribution is 2.19. The Morgan fingerprint density at radius 3 is 1.83 bits per heavy atom. The van der Waals surface area contributed by atoms with Crippen LogP contribution in [-0.2, 0) is 19.1 Å². The predicted molar refractivity (Wildman–Crippen MR) is 70.1 cm³/mol. The summed E-state index contributed by atoms with van der Waals surface area (Å²) in [5.41, 5.74) is 0.892. The summed E-state index contributed by atoms with van der Waals surface area (Å²) < 4.78 is 9.44. The average molecular weight is 256 g/mol. The minimum atomic E-state index is -0.437. The summed E-state index contributed by atoms with van der Waals surface area (Å²) in [6, 6.07) is 0. The van der Waals surface area contributed by atoms with Crippen molar-refractivity contribution >= 4 is 11.9 Å². The number of rotatable bonds is 8. The van der Waals surface area contributed by atoms with E-state index in [0.717, 1.165) is 25.7 Å². The maximum atomic E-state index is 11.7. The van der Waals surface area contributed by atoms with E-state index < -0.39 is 11.9 Å². The van der Waals surface area contributed by atoms with Crippen LogP contribution in [0.5, 0.6) is 0 Å². The van der Waals surface area contributed by atoms with E-state index in [1.165, 1.54) is 14.2 Å². The molecule has 0 aliphatic heterocycles. The van der Waals surface area contributed by atoms with Crippen molar-refractivity contribution in [2.24, 2.45) is 0 Å². The van der Waals surface area contributed by atoms with Crippen LogP contribution in [0, 0.1) is 0 Å². The summed E-state index contributed by atoms with van der Waals surface area (Å²) in [4.78, 5) is 23.3. The lowest BCUT2D eigenvalue weighted by atomic mass is 9.99. The molecule has 18 heavy (non-hydrogen) atoms. The number of esters is 2. The van der Waals surface area contributed by atoms with Crippen molar-refractivity contribution in [1.82, 2.24) is 0 Å². The first-order valence-electron chi connectivity index (χ1n) is 6.50. The molecule has 0 amide bonds. The van der Waals surface area contributed by atoms with E-state index >= 15 is 0 Å². The molecule has 0 aromatic carbocycles. The zero-order valence-corrected chi connectivity index (χ0v) is 11.9. The molecule has 0 saturated heterocycles. The van der Waals surface area contributed by atoms with Crippen LogP contribution in [-0.4, -0.2) is 26.2 Å². The van der Waals surface area contributed by atoms with Gasteiger partial charge in [0.1, 0.15) is 0 Å². The molecule has 0 aliphatic carbocycles. The number of ether oxygens (including phenoxy) is 2. The van der Waals surface area contributed by atoms with Crippen LogP contribution in [0.25, 0.3) is 0 Å². The van der Waals surface area contributed by atoms with E-state index in [9.17, 15) is 9.59 Å². The molecule has 0 rings (SSSR count). The van der Waals surface area contributed by atoms with Gasteiger partial charge in [0, 0.05) is 11.1 Å². The highest BCUT2D eigenvalue weighted by atomic mass is 16.5. The van der Waals surface area contributed by atoms with E-state index in [0.29, 0.717) is 24.0 Å². The van der Waals surface area contributed by atoms with Gasteiger partial charge in [0.25, 0.3) is 0 Å². The van der Waals surface area contributed by atoms with Crippen molar-refractivity contribution in [3.8, 4) is 0 Å². The Labute approximate surface area is 109 Å². The van der Waals surface area contributed by atoms with Gasteiger partial charge in [0.2, 0.25) is 0 Å². The molecule has 104 valence electrons.